The van der Waals surface area contributed by atoms with Crippen LogP contribution >= 0.6 is 0 Å². The van der Waals surface area contributed by atoms with Gasteiger partial charge in [0, 0.05) is 6.42 Å². The Kier molecular flexibility index (Phi) is 4.03. The van der Waals surface area contributed by atoms with Crippen molar-refractivity contribution in [2.24, 2.45) is 5.73 Å². The number of hydrogen-bond acceptors (Lipinski definition) is 2. The van der Waals surface area contributed by atoms with Gasteiger partial charge in [0.25, 0.3) is 0 Å². The van der Waals surface area contributed by atoms with E-state index in [1.165, 1.54) is 5.56 Å². The van der Waals surface area contributed by atoms with Crippen molar-refractivity contribution in [2.75, 3.05) is 6.61 Å². The minimum absolute atomic E-state index is 0.209. The molecule has 2 heteroatoms. The van der Waals surface area contributed by atoms with Gasteiger partial charge in [-0.1, -0.05) is 18.1 Å². The average Bonchev–Trinajstić information content (AvgIpc) is 2.17. The summed E-state index contributed by atoms with van der Waals surface area (Å²) in [5, 5.41) is 0. The maximum Gasteiger partial charge on any atom is 0.119 e. The second kappa shape index (κ2) is 5.31. The number of nitrogens with two attached hydrogens (primary N) is 1. The van der Waals surface area contributed by atoms with Crippen LogP contribution in [-0.4, -0.2) is 12.6 Å². The van der Waals surface area contributed by atoms with E-state index in [4.69, 9.17) is 16.9 Å². The van der Waals surface area contributed by atoms with E-state index in [-0.39, 0.29) is 6.04 Å². The Morgan fingerprint density at radius 2 is 2.36 bits per heavy atom. The van der Waals surface area contributed by atoms with Crippen molar-refractivity contribution in [3.8, 4) is 18.1 Å². The van der Waals surface area contributed by atoms with Gasteiger partial charge < -0.3 is 10.5 Å². The normalized spacial score (nSPS) is 11.8. The van der Waals surface area contributed by atoms with E-state index < -0.39 is 0 Å². The highest BCUT2D eigenvalue weighted by molar-refractivity contribution is 5.27. The molecule has 2 nitrogen and oxygen atoms in total. The van der Waals surface area contributed by atoms with Crippen LogP contribution in [0.25, 0.3) is 0 Å². The molecule has 2 N–H and O–H groups in total. The maximum atomic E-state index is 5.55. The highest BCUT2D eigenvalue weighted by Crippen LogP contribution is 2.12. The number of benzene rings is 1. The Hall–Kier alpha value is -1.46. The summed E-state index contributed by atoms with van der Waals surface area (Å²) in [5.41, 5.74) is 6.73. The molecule has 0 aromatic heterocycles. The first kappa shape index (κ1) is 10.6. The van der Waals surface area contributed by atoms with Crippen molar-refractivity contribution in [1.82, 2.24) is 0 Å². The first-order valence-electron chi connectivity index (χ1n) is 4.63. The lowest BCUT2D eigenvalue weighted by molar-refractivity contribution is 0.306. The lowest BCUT2D eigenvalue weighted by atomic mass is 10.2. The Balaban J connectivity index is 2.36. The molecule has 0 fully saturated rings. The van der Waals surface area contributed by atoms with Crippen molar-refractivity contribution in [2.45, 2.75) is 19.4 Å². The molecule has 1 aromatic carbocycles. The molecule has 74 valence electrons. The van der Waals surface area contributed by atoms with Gasteiger partial charge in [-0.2, -0.15) is 0 Å². The van der Waals surface area contributed by atoms with Crippen molar-refractivity contribution in [3.05, 3.63) is 29.8 Å². The predicted octanol–water partition coefficient (Wildman–Crippen LogP) is 1.72. The molecule has 0 saturated heterocycles. The quantitative estimate of drug-likeness (QED) is 0.732. The molecule has 0 amide bonds. The predicted molar refractivity (Wildman–Crippen MR) is 58.1 cm³/mol. The molecular weight excluding hydrogens is 174 g/mol. The Morgan fingerprint density at radius 1 is 1.57 bits per heavy atom. The monoisotopic (exact) mass is 189 g/mol. The summed E-state index contributed by atoms with van der Waals surface area (Å²) in [6, 6.07) is 7.70. The molecule has 0 aliphatic carbocycles. The molecule has 1 rings (SSSR count). The van der Waals surface area contributed by atoms with Gasteiger partial charge >= 0.3 is 0 Å². The van der Waals surface area contributed by atoms with E-state index in [2.05, 4.69) is 5.92 Å². The molecule has 0 saturated carbocycles. The topological polar surface area (TPSA) is 35.2 Å². The molecule has 14 heavy (non-hydrogen) atoms. The van der Waals surface area contributed by atoms with Crippen LogP contribution < -0.4 is 10.5 Å². The molecular formula is C12H15NO. The van der Waals surface area contributed by atoms with Gasteiger partial charge in [-0.25, -0.2) is 0 Å². The summed E-state index contributed by atoms with van der Waals surface area (Å²) in [5.74, 6) is 3.33. The van der Waals surface area contributed by atoms with Gasteiger partial charge in [0.15, 0.2) is 0 Å². The Labute approximate surface area is 85.1 Å². The van der Waals surface area contributed by atoms with Gasteiger partial charge in [0.1, 0.15) is 5.75 Å². The van der Waals surface area contributed by atoms with Crippen LogP contribution in [0.5, 0.6) is 5.75 Å². The van der Waals surface area contributed by atoms with E-state index in [9.17, 15) is 0 Å². The summed E-state index contributed by atoms with van der Waals surface area (Å²) in [7, 11) is 0. The zero-order valence-electron chi connectivity index (χ0n) is 8.36. The second-order valence-electron chi connectivity index (χ2n) is 3.23. The van der Waals surface area contributed by atoms with Gasteiger partial charge in [0.05, 0.1) is 12.6 Å². The average molecular weight is 189 g/mol. The van der Waals surface area contributed by atoms with E-state index in [1.807, 2.05) is 31.2 Å². The fourth-order valence-corrected chi connectivity index (χ4v) is 1.09. The zero-order chi connectivity index (χ0) is 10.4. The van der Waals surface area contributed by atoms with E-state index >= 15 is 0 Å². The third kappa shape index (κ3) is 3.51. The second-order valence-corrected chi connectivity index (χ2v) is 3.23. The summed E-state index contributed by atoms with van der Waals surface area (Å²) < 4.78 is 5.48. The molecule has 0 aliphatic rings. The first-order valence-corrected chi connectivity index (χ1v) is 4.63. The van der Waals surface area contributed by atoms with Gasteiger partial charge in [0.2, 0.25) is 0 Å². The summed E-state index contributed by atoms with van der Waals surface area (Å²) in [6.45, 7) is 2.59. The minimum Gasteiger partial charge on any atom is -0.493 e. The summed E-state index contributed by atoms with van der Waals surface area (Å²) in [4.78, 5) is 0. The van der Waals surface area contributed by atoms with Gasteiger partial charge in [-0.15, -0.1) is 6.42 Å². The summed E-state index contributed by atoms with van der Waals surface area (Å²) >= 11 is 0. The van der Waals surface area contributed by atoms with Crippen LogP contribution in [-0.2, 0) is 0 Å². The molecule has 0 heterocycles. The van der Waals surface area contributed by atoms with E-state index in [0.717, 1.165) is 5.75 Å². The molecule has 1 aromatic rings. The zero-order valence-corrected chi connectivity index (χ0v) is 8.36. The number of rotatable bonds is 4. The Bertz CT molecular complexity index is 327. The van der Waals surface area contributed by atoms with Crippen LogP contribution in [0.2, 0.25) is 0 Å². The van der Waals surface area contributed by atoms with Crippen LogP contribution in [0.4, 0.5) is 0 Å². The number of ether oxygens (including phenoxy) is 1. The van der Waals surface area contributed by atoms with E-state index in [1.54, 1.807) is 0 Å². The third-order valence-electron chi connectivity index (χ3n) is 1.90. The number of terminal acetylenes is 1. The van der Waals surface area contributed by atoms with Crippen LogP contribution in [0, 0.1) is 19.3 Å². The Morgan fingerprint density at radius 3 is 3.00 bits per heavy atom. The van der Waals surface area contributed by atoms with Crippen molar-refractivity contribution >= 4 is 0 Å². The number of hydrogen-bond donors (Lipinski definition) is 1. The molecule has 1 atom stereocenters. The van der Waals surface area contributed by atoms with Crippen molar-refractivity contribution in [1.29, 1.82) is 0 Å². The standard InChI is InChI=1S/C12H15NO/c1-3-11(13)7-8-14-12-6-4-5-10(2)9-12/h1,4-6,9,11H,7-8,13H2,2H3. The summed E-state index contributed by atoms with van der Waals surface area (Å²) in [6.07, 6.45) is 5.83. The van der Waals surface area contributed by atoms with Crippen molar-refractivity contribution in [3.63, 3.8) is 0 Å². The van der Waals surface area contributed by atoms with Gasteiger partial charge in [-0.05, 0) is 24.6 Å². The molecule has 0 spiro atoms. The molecule has 0 radical (unpaired) electrons. The van der Waals surface area contributed by atoms with E-state index in [0.29, 0.717) is 13.0 Å². The van der Waals surface area contributed by atoms with Crippen LogP contribution in [0.1, 0.15) is 12.0 Å². The molecule has 0 bridgehead atoms. The fraction of sp³-hybridized carbons (Fsp3) is 0.333. The highest BCUT2D eigenvalue weighted by atomic mass is 16.5. The fourth-order valence-electron chi connectivity index (χ4n) is 1.09. The van der Waals surface area contributed by atoms with Crippen LogP contribution in [0.15, 0.2) is 24.3 Å². The lowest BCUT2D eigenvalue weighted by Crippen LogP contribution is -2.20. The number of aryl methyl sites for hydroxylation is 1. The minimum atomic E-state index is -0.209. The first-order chi connectivity index (χ1) is 6.72. The van der Waals surface area contributed by atoms with Crippen LogP contribution in [0.3, 0.4) is 0 Å². The smallest absolute Gasteiger partial charge is 0.119 e. The van der Waals surface area contributed by atoms with Gasteiger partial charge in [-0.3, -0.25) is 0 Å². The highest BCUT2D eigenvalue weighted by Gasteiger charge is 1.98. The molecule has 0 aliphatic heterocycles. The SMILES string of the molecule is C#CC(N)CCOc1cccc(C)c1. The molecule has 1 unspecified atom stereocenters. The third-order valence-corrected chi connectivity index (χ3v) is 1.90. The maximum absolute atomic E-state index is 5.55. The largest absolute Gasteiger partial charge is 0.493 e. The van der Waals surface area contributed by atoms with Crippen molar-refractivity contribution < 1.29 is 4.74 Å². The lowest BCUT2D eigenvalue weighted by Gasteiger charge is -2.07.